The third-order valence-corrected chi connectivity index (χ3v) is 29.1. The highest BCUT2D eigenvalue weighted by Gasteiger charge is 2.51. The van der Waals surface area contributed by atoms with Gasteiger partial charge in [0.05, 0.1) is 11.4 Å². The Morgan fingerprint density at radius 3 is 1.06 bits per heavy atom. The van der Waals surface area contributed by atoms with Crippen molar-refractivity contribution in [1.29, 1.82) is 0 Å². The van der Waals surface area contributed by atoms with Gasteiger partial charge in [-0.2, -0.15) is 0 Å². The van der Waals surface area contributed by atoms with Crippen molar-refractivity contribution in [1.82, 2.24) is 0 Å². The van der Waals surface area contributed by atoms with Crippen LogP contribution in [0.1, 0.15) is 50.7 Å². The number of anilines is 6. The van der Waals surface area contributed by atoms with Crippen molar-refractivity contribution in [2.45, 2.75) is 39.5 Å². The van der Waals surface area contributed by atoms with Crippen molar-refractivity contribution in [3.8, 4) is 0 Å². The molecule has 0 fully saturated rings. The fourth-order valence-corrected chi connectivity index (χ4v) is 26.3. The van der Waals surface area contributed by atoms with Gasteiger partial charge in [0.15, 0.2) is 16.1 Å². The molecule has 81 heavy (non-hydrogen) atoms. The van der Waals surface area contributed by atoms with Gasteiger partial charge in [0.25, 0.3) is 0 Å². The molecule has 14 aromatic rings. The monoisotopic (exact) mass is 1090 g/mol. The molecule has 2 nitrogen and oxygen atoms in total. The maximum absolute atomic E-state index is 2.99. The third kappa shape index (κ3) is 6.71. The minimum atomic E-state index is -2.99. The van der Waals surface area contributed by atoms with Crippen LogP contribution in [0.25, 0.3) is 52.5 Å². The van der Waals surface area contributed by atoms with Crippen molar-refractivity contribution in [2.75, 3.05) is 9.80 Å². The second-order valence-electron chi connectivity index (χ2n) is 23.0. The number of nitrogens with zero attached hydrogens (tertiary/aromatic N) is 2. The Kier molecular flexibility index (Phi) is 10.9. The highest BCUT2D eigenvalue weighted by Crippen LogP contribution is 2.53. The van der Waals surface area contributed by atoms with E-state index >= 15 is 0 Å². The fraction of sp³-hybridized carbons (Fsp3) is 0.0789. The largest absolute Gasteiger partial charge is 0.310 e. The van der Waals surface area contributed by atoms with Gasteiger partial charge in [-0.15, -0.1) is 11.3 Å². The molecule has 0 aliphatic carbocycles. The minimum Gasteiger partial charge on any atom is -0.310 e. The summed E-state index contributed by atoms with van der Waals surface area (Å²) in [5, 5.41) is 21.7. The number of fused-ring (bicyclic) bond motifs is 7. The Labute approximate surface area is 479 Å². The second-order valence-corrected chi connectivity index (χ2v) is 31.5. The van der Waals surface area contributed by atoms with Crippen LogP contribution in [0, 0.1) is 0 Å². The van der Waals surface area contributed by atoms with E-state index in [0.717, 1.165) is 0 Å². The molecule has 0 bridgehead atoms. The molecule has 2 aliphatic heterocycles. The van der Waals surface area contributed by atoms with Gasteiger partial charge in [-0.1, -0.05) is 252 Å². The average molecular weight is 1090 g/mol. The molecule has 0 radical (unpaired) electrons. The van der Waals surface area contributed by atoms with E-state index in [-0.39, 0.29) is 11.8 Å². The molecule has 386 valence electrons. The lowest BCUT2D eigenvalue weighted by atomic mass is 9.84. The lowest BCUT2D eigenvalue weighted by Gasteiger charge is -2.45. The average Bonchev–Trinajstić information content (AvgIpc) is 4.02. The van der Waals surface area contributed by atoms with Gasteiger partial charge in [-0.3, -0.25) is 0 Å². The Hall–Kier alpha value is -8.85. The standard InChI is InChI=1S/C76H58N2SSi2/c1-49(2)60-45-66(77-63-34-18-22-38-71(63)80(51-25-9-5-10-26-51,52-27-11-6-12-28-52)72-39-23-19-35-64(72)77)58-43-41-57-61(50(3)4)46-67(59-44-42-56(60)75(58)76(57)59)78-65-36-20-24-40-73(65)81(53-29-13-7-14-30-53,54-31-15-8-16-32-54)74-47-62-55-33-17-21-37-69(55)79-70(62)48-68(74)78/h5-50H,1-4H3. The zero-order valence-corrected chi connectivity index (χ0v) is 48.7. The molecule has 0 unspecified atom stereocenters. The topological polar surface area (TPSA) is 6.48 Å². The SMILES string of the molecule is CC(C)c1cc(N2c3ccccc3[Si](c3ccccc3)(c3ccccc3)c3ccccc32)c2ccc3c(C(C)C)cc(N4c5ccccc5[Si](c5ccccc5)(c5ccccc5)c5cc6c(cc54)sc4ccccc46)c4ccc1c2c34. The van der Waals surface area contributed by atoms with Crippen LogP contribution in [0.5, 0.6) is 0 Å². The molecule has 5 heteroatoms. The van der Waals surface area contributed by atoms with Gasteiger partial charge in [0.2, 0.25) is 0 Å². The van der Waals surface area contributed by atoms with Crippen molar-refractivity contribution in [3.63, 3.8) is 0 Å². The van der Waals surface area contributed by atoms with Crippen LogP contribution < -0.4 is 51.3 Å². The third-order valence-electron chi connectivity index (χ3n) is 18.3. The van der Waals surface area contributed by atoms with Gasteiger partial charge in [-0.25, -0.2) is 0 Å². The lowest BCUT2D eigenvalue weighted by molar-refractivity contribution is 0.875. The van der Waals surface area contributed by atoms with E-state index < -0.39 is 16.1 Å². The van der Waals surface area contributed by atoms with Crippen LogP contribution in [-0.4, -0.2) is 16.1 Å². The van der Waals surface area contributed by atoms with Crippen LogP contribution in [0.15, 0.2) is 267 Å². The van der Waals surface area contributed by atoms with Crippen molar-refractivity contribution < 1.29 is 0 Å². The summed E-state index contributed by atoms with van der Waals surface area (Å²) in [5.74, 6) is 0.507. The number of hydrogen-bond acceptors (Lipinski definition) is 3. The molecule has 3 heterocycles. The summed E-state index contributed by atoms with van der Waals surface area (Å²) >= 11 is 1.92. The zero-order chi connectivity index (χ0) is 54.1. The van der Waals surface area contributed by atoms with Crippen LogP contribution >= 0.6 is 11.3 Å². The Bertz CT molecular complexity index is 4650. The van der Waals surface area contributed by atoms with Crippen LogP contribution in [0.3, 0.4) is 0 Å². The smallest absolute Gasteiger partial charge is 0.184 e. The maximum Gasteiger partial charge on any atom is 0.184 e. The molecule has 1 aromatic heterocycles. The molecular formula is C76H58N2SSi2. The summed E-state index contributed by atoms with van der Waals surface area (Å²) in [7, 11) is -5.84. The first-order valence-electron chi connectivity index (χ1n) is 28.7. The van der Waals surface area contributed by atoms with Gasteiger partial charge < -0.3 is 9.80 Å². The number of hydrogen-bond donors (Lipinski definition) is 0. The quantitative estimate of drug-likeness (QED) is 0.111. The molecule has 0 saturated heterocycles. The van der Waals surface area contributed by atoms with Crippen LogP contribution in [0.2, 0.25) is 0 Å². The normalized spacial score (nSPS) is 14.3. The Morgan fingerprint density at radius 1 is 0.272 bits per heavy atom. The molecule has 16 rings (SSSR count). The lowest BCUT2D eigenvalue weighted by Crippen LogP contribution is -2.77. The maximum atomic E-state index is 2.70. The molecule has 0 atom stereocenters. The van der Waals surface area contributed by atoms with Crippen LogP contribution in [0.4, 0.5) is 34.1 Å². The summed E-state index contributed by atoms with van der Waals surface area (Å²) in [6.07, 6.45) is 0. The molecule has 13 aromatic carbocycles. The number of para-hydroxylation sites is 3. The summed E-state index contributed by atoms with van der Waals surface area (Å²) in [4.78, 5) is 5.34. The highest BCUT2D eigenvalue weighted by atomic mass is 32.1. The molecule has 2 aliphatic rings. The van der Waals surface area contributed by atoms with Gasteiger partial charge in [0.1, 0.15) is 0 Å². The predicted octanol–water partition coefficient (Wildman–Crippen LogP) is 15.5. The van der Waals surface area contributed by atoms with E-state index in [1.165, 1.54) is 139 Å². The summed E-state index contributed by atoms with van der Waals surface area (Å²) in [5.41, 5.74) is 10.2. The van der Waals surface area contributed by atoms with Crippen molar-refractivity contribution in [2.24, 2.45) is 0 Å². The van der Waals surface area contributed by atoms with Crippen molar-refractivity contribution in [3.05, 3.63) is 278 Å². The number of thiophene rings is 1. The molecule has 0 N–H and O–H groups in total. The zero-order valence-electron chi connectivity index (χ0n) is 45.9. The van der Waals surface area contributed by atoms with E-state index in [0.29, 0.717) is 0 Å². The first-order valence-corrected chi connectivity index (χ1v) is 33.5. The minimum absolute atomic E-state index is 0.249. The molecule has 0 amide bonds. The van der Waals surface area contributed by atoms with Crippen molar-refractivity contribution >= 4 is 156 Å². The van der Waals surface area contributed by atoms with E-state index in [1.807, 2.05) is 11.3 Å². The molecule has 0 saturated carbocycles. The highest BCUT2D eigenvalue weighted by molar-refractivity contribution is 7.26. The summed E-state index contributed by atoms with van der Waals surface area (Å²) in [6.45, 7) is 9.54. The van der Waals surface area contributed by atoms with E-state index in [1.54, 1.807) is 0 Å². The van der Waals surface area contributed by atoms with E-state index in [4.69, 9.17) is 0 Å². The second kappa shape index (κ2) is 18.3. The van der Waals surface area contributed by atoms with Gasteiger partial charge in [0, 0.05) is 53.7 Å². The van der Waals surface area contributed by atoms with Gasteiger partial charge in [-0.05, 0) is 128 Å². The van der Waals surface area contributed by atoms with Crippen LogP contribution in [-0.2, 0) is 0 Å². The number of benzene rings is 13. The Balaban J connectivity index is 1.02. The first-order chi connectivity index (χ1) is 39.9. The van der Waals surface area contributed by atoms with E-state index in [9.17, 15) is 0 Å². The molecular weight excluding hydrogens is 1030 g/mol. The van der Waals surface area contributed by atoms with Gasteiger partial charge >= 0.3 is 0 Å². The first kappa shape index (κ1) is 48.1. The predicted molar refractivity (Wildman–Crippen MR) is 355 cm³/mol. The Morgan fingerprint density at radius 2 is 0.630 bits per heavy atom. The van der Waals surface area contributed by atoms with E-state index in [2.05, 4.69) is 304 Å². The summed E-state index contributed by atoms with van der Waals surface area (Å²) < 4.78 is 2.63. The summed E-state index contributed by atoms with van der Waals surface area (Å²) in [6, 6.07) is 103. The molecule has 0 spiro atoms. The number of rotatable bonds is 8. The fourth-order valence-electron chi connectivity index (χ4n) is 14.9.